The first-order valence-corrected chi connectivity index (χ1v) is 6.30. The number of anilines is 2. The van der Waals surface area contributed by atoms with Gasteiger partial charge in [0.2, 0.25) is 0 Å². The molecule has 0 fully saturated rings. The van der Waals surface area contributed by atoms with E-state index in [4.69, 9.17) is 0 Å². The van der Waals surface area contributed by atoms with E-state index >= 15 is 0 Å². The molecule has 2 N–H and O–H groups in total. The van der Waals surface area contributed by atoms with Gasteiger partial charge in [-0.15, -0.1) is 0 Å². The van der Waals surface area contributed by atoms with Crippen molar-refractivity contribution < 1.29 is 9.18 Å². The van der Waals surface area contributed by atoms with E-state index in [2.05, 4.69) is 31.5 Å². The van der Waals surface area contributed by atoms with Crippen molar-refractivity contribution in [2.24, 2.45) is 0 Å². The molecule has 0 spiro atoms. The molecule has 0 saturated carbocycles. The summed E-state index contributed by atoms with van der Waals surface area (Å²) < 4.78 is 14.1. The summed E-state index contributed by atoms with van der Waals surface area (Å²) in [6.07, 6.45) is 3.04. The van der Waals surface area contributed by atoms with Crippen LogP contribution in [-0.2, 0) is 0 Å². The predicted molar refractivity (Wildman–Crippen MR) is 75.8 cm³/mol. The summed E-state index contributed by atoms with van der Waals surface area (Å²) in [5.41, 5.74) is 1.09. The van der Waals surface area contributed by atoms with Crippen LogP contribution >= 0.6 is 15.9 Å². The van der Waals surface area contributed by atoms with Crippen LogP contribution in [0.5, 0.6) is 0 Å². The molecule has 0 aliphatic rings. The molecule has 1 aromatic carbocycles. The molecular formula is C13H11BrFN3O. The smallest absolute Gasteiger partial charge is 0.257 e. The number of hydrogen-bond donors (Lipinski definition) is 2. The van der Waals surface area contributed by atoms with E-state index in [9.17, 15) is 9.18 Å². The van der Waals surface area contributed by atoms with Gasteiger partial charge in [0.05, 0.1) is 23.1 Å². The predicted octanol–water partition coefficient (Wildman–Crippen LogP) is 3.28. The number of carbonyl (C=O) groups excluding carboxylic acids is 1. The van der Waals surface area contributed by atoms with Gasteiger partial charge in [-0.1, -0.05) is 6.07 Å². The lowest BCUT2D eigenvalue weighted by atomic mass is 10.2. The van der Waals surface area contributed by atoms with Gasteiger partial charge < -0.3 is 10.6 Å². The Balaban J connectivity index is 2.31. The number of nitrogens with one attached hydrogen (secondary N) is 2. The molecule has 0 bridgehead atoms. The SMILES string of the molecule is CNc1cnccc1C(=O)Nc1c(F)cccc1Br. The van der Waals surface area contributed by atoms with Crippen molar-refractivity contribution in [3.8, 4) is 0 Å². The summed E-state index contributed by atoms with van der Waals surface area (Å²) >= 11 is 3.20. The Bertz CT molecular complexity index is 598. The van der Waals surface area contributed by atoms with Crippen LogP contribution in [0.4, 0.5) is 15.8 Å². The molecule has 0 saturated heterocycles. The average Bonchev–Trinajstić information content (AvgIpc) is 2.42. The van der Waals surface area contributed by atoms with Gasteiger partial charge in [0.15, 0.2) is 0 Å². The van der Waals surface area contributed by atoms with Crippen LogP contribution in [0.1, 0.15) is 10.4 Å². The molecule has 19 heavy (non-hydrogen) atoms. The Hall–Kier alpha value is -1.95. The van der Waals surface area contributed by atoms with E-state index in [0.29, 0.717) is 15.7 Å². The minimum absolute atomic E-state index is 0.117. The van der Waals surface area contributed by atoms with Gasteiger partial charge in [-0.25, -0.2) is 4.39 Å². The summed E-state index contributed by atoms with van der Waals surface area (Å²) in [6, 6.07) is 6.06. The highest BCUT2D eigenvalue weighted by Gasteiger charge is 2.14. The first-order valence-electron chi connectivity index (χ1n) is 5.50. The highest BCUT2D eigenvalue weighted by atomic mass is 79.9. The highest BCUT2D eigenvalue weighted by molar-refractivity contribution is 9.10. The van der Waals surface area contributed by atoms with Gasteiger partial charge in [0.1, 0.15) is 5.82 Å². The van der Waals surface area contributed by atoms with E-state index in [0.717, 1.165) is 0 Å². The molecule has 1 aromatic heterocycles. The van der Waals surface area contributed by atoms with Crippen molar-refractivity contribution in [2.45, 2.75) is 0 Å². The summed E-state index contributed by atoms with van der Waals surface area (Å²) in [6.45, 7) is 0. The van der Waals surface area contributed by atoms with Crippen LogP contribution in [0.15, 0.2) is 41.1 Å². The van der Waals surface area contributed by atoms with Crippen LogP contribution < -0.4 is 10.6 Å². The largest absolute Gasteiger partial charge is 0.386 e. The molecule has 0 unspecified atom stereocenters. The monoisotopic (exact) mass is 323 g/mol. The van der Waals surface area contributed by atoms with Crippen molar-refractivity contribution in [3.05, 3.63) is 52.5 Å². The zero-order chi connectivity index (χ0) is 13.8. The van der Waals surface area contributed by atoms with E-state index in [1.807, 2.05) is 0 Å². The van der Waals surface area contributed by atoms with Crippen LogP contribution in [0, 0.1) is 5.82 Å². The Labute approximate surface area is 118 Å². The maximum atomic E-state index is 13.6. The van der Waals surface area contributed by atoms with Crippen molar-refractivity contribution in [1.82, 2.24) is 4.98 Å². The normalized spacial score (nSPS) is 10.1. The number of amides is 1. The van der Waals surface area contributed by atoms with Gasteiger partial charge in [0, 0.05) is 17.7 Å². The maximum absolute atomic E-state index is 13.6. The summed E-state index contributed by atoms with van der Waals surface area (Å²) in [5, 5.41) is 5.40. The summed E-state index contributed by atoms with van der Waals surface area (Å²) in [5.74, 6) is -0.902. The second-order valence-electron chi connectivity index (χ2n) is 3.72. The second kappa shape index (κ2) is 5.79. The van der Waals surface area contributed by atoms with E-state index in [1.165, 1.54) is 18.5 Å². The molecule has 2 rings (SSSR count). The Morgan fingerprint density at radius 1 is 1.37 bits per heavy atom. The molecule has 2 aromatic rings. The lowest BCUT2D eigenvalue weighted by molar-refractivity contribution is 0.102. The maximum Gasteiger partial charge on any atom is 0.257 e. The Morgan fingerprint density at radius 2 is 2.16 bits per heavy atom. The fourth-order valence-electron chi connectivity index (χ4n) is 1.59. The first kappa shape index (κ1) is 13.5. The fourth-order valence-corrected chi connectivity index (χ4v) is 2.03. The van der Waals surface area contributed by atoms with Crippen molar-refractivity contribution in [2.75, 3.05) is 17.7 Å². The third-order valence-electron chi connectivity index (χ3n) is 2.54. The lowest BCUT2D eigenvalue weighted by Crippen LogP contribution is -2.15. The average molecular weight is 324 g/mol. The molecule has 1 amide bonds. The number of benzene rings is 1. The summed E-state index contributed by atoms with van der Waals surface area (Å²) in [7, 11) is 1.69. The highest BCUT2D eigenvalue weighted by Crippen LogP contribution is 2.26. The number of nitrogens with zero attached hydrogens (tertiary/aromatic N) is 1. The number of pyridine rings is 1. The topological polar surface area (TPSA) is 54.0 Å². The van der Waals surface area contributed by atoms with Gasteiger partial charge in [-0.05, 0) is 34.1 Å². The van der Waals surface area contributed by atoms with E-state index < -0.39 is 11.7 Å². The molecule has 6 heteroatoms. The summed E-state index contributed by atoms with van der Waals surface area (Å²) in [4.78, 5) is 16.0. The zero-order valence-corrected chi connectivity index (χ0v) is 11.7. The van der Waals surface area contributed by atoms with Gasteiger partial charge in [-0.3, -0.25) is 9.78 Å². The van der Waals surface area contributed by atoms with Gasteiger partial charge in [-0.2, -0.15) is 0 Å². The minimum Gasteiger partial charge on any atom is -0.386 e. The number of hydrogen-bond acceptors (Lipinski definition) is 3. The molecule has 0 radical (unpaired) electrons. The van der Waals surface area contributed by atoms with E-state index in [-0.39, 0.29) is 5.69 Å². The third kappa shape index (κ3) is 2.90. The number of halogens is 2. The molecule has 4 nitrogen and oxygen atoms in total. The van der Waals surface area contributed by atoms with Crippen molar-refractivity contribution in [1.29, 1.82) is 0 Å². The van der Waals surface area contributed by atoms with Gasteiger partial charge in [0.25, 0.3) is 5.91 Å². The number of rotatable bonds is 3. The molecule has 98 valence electrons. The third-order valence-corrected chi connectivity index (χ3v) is 3.20. The van der Waals surface area contributed by atoms with Crippen molar-refractivity contribution in [3.63, 3.8) is 0 Å². The van der Waals surface area contributed by atoms with Crippen LogP contribution in [0.3, 0.4) is 0 Å². The standard InChI is InChI=1S/C13H11BrFN3O/c1-16-11-7-17-6-5-8(11)13(19)18-12-9(14)3-2-4-10(12)15/h2-7,16H,1H3,(H,18,19). The van der Waals surface area contributed by atoms with Crippen molar-refractivity contribution >= 4 is 33.2 Å². The quantitative estimate of drug-likeness (QED) is 0.911. The van der Waals surface area contributed by atoms with Crippen LogP contribution in [0.25, 0.3) is 0 Å². The fraction of sp³-hybridized carbons (Fsp3) is 0.0769. The number of para-hydroxylation sites is 1. The molecule has 0 aliphatic heterocycles. The molecule has 0 aliphatic carbocycles. The van der Waals surface area contributed by atoms with Crippen LogP contribution in [-0.4, -0.2) is 17.9 Å². The Morgan fingerprint density at radius 3 is 2.84 bits per heavy atom. The van der Waals surface area contributed by atoms with Gasteiger partial charge >= 0.3 is 0 Å². The second-order valence-corrected chi connectivity index (χ2v) is 4.58. The Kier molecular flexibility index (Phi) is 4.11. The number of carbonyl (C=O) groups is 1. The molecule has 0 atom stereocenters. The lowest BCUT2D eigenvalue weighted by Gasteiger charge is -2.11. The molecule has 1 heterocycles. The van der Waals surface area contributed by atoms with E-state index in [1.54, 1.807) is 25.2 Å². The molecular weight excluding hydrogens is 313 g/mol. The number of aromatic nitrogens is 1. The van der Waals surface area contributed by atoms with Crippen LogP contribution in [0.2, 0.25) is 0 Å². The zero-order valence-electron chi connectivity index (χ0n) is 10.1. The first-order chi connectivity index (χ1) is 9.13. The minimum atomic E-state index is -0.497.